The highest BCUT2D eigenvalue weighted by atomic mass is 19.4. The van der Waals surface area contributed by atoms with Gasteiger partial charge >= 0.3 is 6.18 Å². The molecule has 140 valence electrons. The van der Waals surface area contributed by atoms with Crippen LogP contribution in [-0.2, 0) is 12.6 Å². The molecule has 0 radical (unpaired) electrons. The second-order valence-electron chi connectivity index (χ2n) is 6.94. The van der Waals surface area contributed by atoms with Crippen molar-refractivity contribution < 1.29 is 13.2 Å². The molecule has 2 aromatic carbocycles. The number of halogens is 3. The summed E-state index contributed by atoms with van der Waals surface area (Å²) in [6, 6.07) is 16.6. The maximum Gasteiger partial charge on any atom is 0.416 e. The second-order valence-corrected chi connectivity index (χ2v) is 6.94. The van der Waals surface area contributed by atoms with E-state index in [1.807, 2.05) is 6.07 Å². The van der Waals surface area contributed by atoms with Gasteiger partial charge in [-0.05, 0) is 43.5 Å². The fourth-order valence-electron chi connectivity index (χ4n) is 3.50. The lowest BCUT2D eigenvalue weighted by Gasteiger charge is -2.39. The summed E-state index contributed by atoms with van der Waals surface area (Å²) in [6.45, 7) is 5.52. The van der Waals surface area contributed by atoms with Gasteiger partial charge in [0.15, 0.2) is 0 Å². The van der Waals surface area contributed by atoms with Crippen molar-refractivity contribution in [3.8, 4) is 0 Å². The number of benzene rings is 2. The van der Waals surface area contributed by atoms with Gasteiger partial charge in [-0.25, -0.2) is 0 Å². The van der Waals surface area contributed by atoms with Gasteiger partial charge in [-0.1, -0.05) is 36.4 Å². The third kappa shape index (κ3) is 4.79. The molecule has 2 aromatic rings. The predicted octanol–water partition coefficient (Wildman–Crippen LogP) is 4.85. The number of nitrogens with zero attached hydrogens (tertiary/aromatic N) is 2. The molecule has 0 saturated carbocycles. The van der Waals surface area contributed by atoms with Crippen LogP contribution in [-0.4, -0.2) is 37.1 Å². The van der Waals surface area contributed by atoms with Crippen LogP contribution in [0.15, 0.2) is 54.6 Å². The van der Waals surface area contributed by atoms with Crippen LogP contribution < -0.4 is 4.90 Å². The van der Waals surface area contributed by atoms with Crippen LogP contribution in [0.4, 0.5) is 18.9 Å². The Hall–Kier alpha value is -2.01. The van der Waals surface area contributed by atoms with Crippen molar-refractivity contribution in [2.24, 2.45) is 0 Å². The maximum absolute atomic E-state index is 12.9. The first-order chi connectivity index (χ1) is 12.4. The second kappa shape index (κ2) is 8.12. The highest BCUT2D eigenvalue weighted by Crippen LogP contribution is 2.32. The van der Waals surface area contributed by atoms with Crippen molar-refractivity contribution in [2.75, 3.05) is 31.1 Å². The smallest absolute Gasteiger partial charge is 0.369 e. The first-order valence-corrected chi connectivity index (χ1v) is 9.13. The zero-order valence-electron chi connectivity index (χ0n) is 15.0. The number of rotatable bonds is 5. The molecule has 1 atom stereocenters. The van der Waals surface area contributed by atoms with E-state index in [1.165, 1.54) is 17.7 Å². The van der Waals surface area contributed by atoms with Crippen LogP contribution in [0.25, 0.3) is 0 Å². The molecule has 1 saturated heterocycles. The normalized spacial score (nSPS) is 17.3. The Morgan fingerprint density at radius 1 is 0.923 bits per heavy atom. The van der Waals surface area contributed by atoms with E-state index in [-0.39, 0.29) is 0 Å². The molecule has 0 bridgehead atoms. The zero-order valence-corrected chi connectivity index (χ0v) is 15.0. The average molecular weight is 362 g/mol. The summed E-state index contributed by atoms with van der Waals surface area (Å²) in [5.74, 6) is 0. The summed E-state index contributed by atoms with van der Waals surface area (Å²) < 4.78 is 38.7. The fraction of sp³-hybridized carbons (Fsp3) is 0.429. The minimum atomic E-state index is -4.29. The molecule has 0 spiro atoms. The van der Waals surface area contributed by atoms with Crippen LogP contribution in [0.1, 0.15) is 24.5 Å². The van der Waals surface area contributed by atoms with E-state index < -0.39 is 11.7 Å². The highest BCUT2D eigenvalue weighted by Gasteiger charge is 2.31. The van der Waals surface area contributed by atoms with Gasteiger partial charge < -0.3 is 4.90 Å². The Balaban J connectivity index is 1.52. The van der Waals surface area contributed by atoms with Crippen molar-refractivity contribution in [3.63, 3.8) is 0 Å². The molecule has 0 aromatic heterocycles. The van der Waals surface area contributed by atoms with Crippen LogP contribution in [0.3, 0.4) is 0 Å². The summed E-state index contributed by atoms with van der Waals surface area (Å²) in [7, 11) is 0. The molecule has 3 rings (SSSR count). The van der Waals surface area contributed by atoms with Crippen molar-refractivity contribution in [3.05, 3.63) is 65.7 Å². The quantitative estimate of drug-likeness (QED) is 0.750. The Bertz CT molecular complexity index is 692. The van der Waals surface area contributed by atoms with Crippen molar-refractivity contribution >= 4 is 5.69 Å². The molecule has 1 heterocycles. The van der Waals surface area contributed by atoms with Gasteiger partial charge in [-0.2, -0.15) is 13.2 Å². The SMILES string of the molecule is C[C@H](CCc1ccccc1)N1CCN(c2cccc(C(F)(F)F)c2)CC1. The van der Waals surface area contributed by atoms with E-state index in [4.69, 9.17) is 0 Å². The Morgan fingerprint density at radius 3 is 2.27 bits per heavy atom. The summed E-state index contributed by atoms with van der Waals surface area (Å²) in [6.07, 6.45) is -2.15. The molecule has 0 unspecified atom stereocenters. The minimum absolute atomic E-state index is 0.471. The first kappa shape index (κ1) is 18.8. The largest absolute Gasteiger partial charge is 0.416 e. The summed E-state index contributed by atoms with van der Waals surface area (Å²) in [5.41, 5.74) is 1.44. The van der Waals surface area contributed by atoms with Gasteiger partial charge in [0.1, 0.15) is 0 Å². The topological polar surface area (TPSA) is 6.48 Å². The molecule has 1 aliphatic rings. The van der Waals surface area contributed by atoms with Crippen LogP contribution in [0.5, 0.6) is 0 Å². The molecule has 0 aliphatic carbocycles. The molecule has 5 heteroatoms. The van der Waals surface area contributed by atoms with Crippen molar-refractivity contribution in [1.82, 2.24) is 4.90 Å². The molecule has 2 nitrogen and oxygen atoms in total. The lowest BCUT2D eigenvalue weighted by atomic mass is 10.0. The molecular weight excluding hydrogens is 337 g/mol. The number of hydrogen-bond donors (Lipinski definition) is 0. The van der Waals surface area contributed by atoms with E-state index in [9.17, 15) is 13.2 Å². The number of alkyl halides is 3. The molecule has 26 heavy (non-hydrogen) atoms. The third-order valence-electron chi connectivity index (χ3n) is 5.17. The average Bonchev–Trinajstić information content (AvgIpc) is 2.66. The van der Waals surface area contributed by atoms with E-state index in [2.05, 4.69) is 41.0 Å². The lowest BCUT2D eigenvalue weighted by Crippen LogP contribution is -2.49. The summed E-state index contributed by atoms with van der Waals surface area (Å²) in [4.78, 5) is 4.49. The van der Waals surface area contributed by atoms with E-state index in [0.717, 1.165) is 45.1 Å². The van der Waals surface area contributed by atoms with Gasteiger partial charge in [0.05, 0.1) is 5.56 Å². The molecular formula is C21H25F3N2. The number of anilines is 1. The van der Waals surface area contributed by atoms with Gasteiger partial charge in [0, 0.05) is 37.9 Å². The van der Waals surface area contributed by atoms with Gasteiger partial charge in [0.25, 0.3) is 0 Å². The lowest BCUT2D eigenvalue weighted by molar-refractivity contribution is -0.137. The maximum atomic E-state index is 12.9. The first-order valence-electron chi connectivity index (χ1n) is 9.13. The van der Waals surface area contributed by atoms with Crippen molar-refractivity contribution in [2.45, 2.75) is 32.0 Å². The predicted molar refractivity (Wildman–Crippen MR) is 99.5 cm³/mol. The Labute approximate surface area is 153 Å². The van der Waals surface area contributed by atoms with Crippen molar-refractivity contribution in [1.29, 1.82) is 0 Å². The Morgan fingerprint density at radius 2 is 1.62 bits per heavy atom. The zero-order chi connectivity index (χ0) is 18.6. The summed E-state index contributed by atoms with van der Waals surface area (Å²) in [5, 5.41) is 0. The monoisotopic (exact) mass is 362 g/mol. The third-order valence-corrected chi connectivity index (χ3v) is 5.17. The van der Waals surface area contributed by atoms with Crippen LogP contribution in [0, 0.1) is 0 Å². The molecule has 0 N–H and O–H groups in total. The highest BCUT2D eigenvalue weighted by molar-refractivity contribution is 5.49. The van der Waals surface area contributed by atoms with Gasteiger partial charge in [-0.3, -0.25) is 4.90 Å². The number of hydrogen-bond acceptors (Lipinski definition) is 2. The number of aryl methyl sites for hydroxylation is 1. The van der Waals surface area contributed by atoms with E-state index in [0.29, 0.717) is 11.7 Å². The molecule has 1 fully saturated rings. The van der Waals surface area contributed by atoms with E-state index >= 15 is 0 Å². The van der Waals surface area contributed by atoms with E-state index in [1.54, 1.807) is 6.07 Å². The number of piperazine rings is 1. The fourth-order valence-corrected chi connectivity index (χ4v) is 3.50. The van der Waals surface area contributed by atoms with Gasteiger partial charge in [-0.15, -0.1) is 0 Å². The minimum Gasteiger partial charge on any atom is -0.369 e. The Kier molecular flexibility index (Phi) is 5.87. The van der Waals surface area contributed by atoms with Crippen LogP contribution in [0.2, 0.25) is 0 Å². The summed E-state index contributed by atoms with van der Waals surface area (Å²) >= 11 is 0. The standard InChI is InChI=1S/C21H25F3N2/c1-17(10-11-18-6-3-2-4-7-18)25-12-14-26(15-13-25)20-9-5-8-19(16-20)21(22,23)24/h2-9,16-17H,10-15H2,1H3/t17-/m1/s1. The van der Waals surface area contributed by atoms with Gasteiger partial charge in [0.2, 0.25) is 0 Å². The molecule has 1 aliphatic heterocycles. The molecule has 0 amide bonds. The van der Waals surface area contributed by atoms with Crippen LogP contribution >= 0.6 is 0 Å².